The molecule has 3 heteroatoms. The van der Waals surface area contributed by atoms with Crippen LogP contribution in [0.1, 0.15) is 19.3 Å². The fraction of sp³-hybridized carbons (Fsp3) is 1.00. The van der Waals surface area contributed by atoms with Crippen molar-refractivity contribution in [2.45, 2.75) is 31.3 Å². The lowest BCUT2D eigenvalue weighted by molar-refractivity contribution is 0.0282. The molecule has 0 aromatic rings. The molecule has 1 saturated heterocycles. The van der Waals surface area contributed by atoms with Crippen molar-refractivity contribution in [3.8, 4) is 0 Å². The van der Waals surface area contributed by atoms with Gasteiger partial charge in [-0.1, -0.05) is 0 Å². The minimum Gasteiger partial charge on any atom is -0.330 e. The molecule has 2 rings (SSSR count). The van der Waals surface area contributed by atoms with Gasteiger partial charge in [0.1, 0.15) is 0 Å². The highest BCUT2D eigenvalue weighted by Crippen LogP contribution is 2.31. The molecule has 0 radical (unpaired) electrons. The van der Waals surface area contributed by atoms with E-state index in [1.54, 1.807) is 0 Å². The first kappa shape index (κ1) is 10.4. The molecule has 1 saturated carbocycles. The van der Waals surface area contributed by atoms with Gasteiger partial charge in [0.2, 0.25) is 0 Å². The second kappa shape index (κ2) is 4.17. The Morgan fingerprint density at radius 1 is 1.29 bits per heavy atom. The summed E-state index contributed by atoms with van der Waals surface area (Å²) >= 11 is 0. The molecule has 0 spiro atoms. The fourth-order valence-corrected chi connectivity index (χ4v) is 2.71. The van der Waals surface area contributed by atoms with Gasteiger partial charge in [-0.2, -0.15) is 0 Å². The molecule has 2 aliphatic rings. The van der Waals surface area contributed by atoms with Crippen LogP contribution in [0.15, 0.2) is 0 Å². The normalized spacial score (nSPS) is 35.1. The van der Waals surface area contributed by atoms with Gasteiger partial charge in [-0.25, -0.2) is 0 Å². The summed E-state index contributed by atoms with van der Waals surface area (Å²) in [5.41, 5.74) is 5.70. The molecule has 14 heavy (non-hydrogen) atoms. The average molecular weight is 197 g/mol. The number of nitrogens with zero attached hydrogens (tertiary/aromatic N) is 2. The van der Waals surface area contributed by atoms with E-state index in [-0.39, 0.29) is 0 Å². The van der Waals surface area contributed by atoms with Crippen molar-refractivity contribution >= 4 is 0 Å². The number of hydrogen-bond acceptors (Lipinski definition) is 3. The first-order valence-corrected chi connectivity index (χ1v) is 5.81. The quantitative estimate of drug-likeness (QED) is 0.709. The number of likely N-dealkylation sites (tertiary alicyclic amines) is 1. The molecule has 82 valence electrons. The van der Waals surface area contributed by atoms with Gasteiger partial charge in [-0.3, -0.25) is 4.90 Å². The van der Waals surface area contributed by atoms with Crippen LogP contribution in [0, 0.1) is 5.92 Å². The first-order valence-electron chi connectivity index (χ1n) is 5.81. The second-order valence-corrected chi connectivity index (χ2v) is 5.14. The molecule has 2 fully saturated rings. The third-order valence-electron chi connectivity index (χ3n) is 3.98. The standard InChI is InChI=1S/C11H23N3/c1-13(2)11-7-14(8-11)10-4-3-9(5-10)6-12/h9-11H,3-8,12H2,1-2H3. The smallest absolute Gasteiger partial charge is 0.0344 e. The van der Waals surface area contributed by atoms with Crippen LogP contribution >= 0.6 is 0 Å². The van der Waals surface area contributed by atoms with E-state index < -0.39 is 0 Å². The van der Waals surface area contributed by atoms with Crippen molar-refractivity contribution in [3.05, 3.63) is 0 Å². The Morgan fingerprint density at radius 3 is 2.50 bits per heavy atom. The molecule has 0 aromatic carbocycles. The van der Waals surface area contributed by atoms with E-state index in [2.05, 4.69) is 23.9 Å². The summed E-state index contributed by atoms with van der Waals surface area (Å²) < 4.78 is 0. The molecule has 1 aliphatic carbocycles. The van der Waals surface area contributed by atoms with Crippen LogP contribution in [-0.4, -0.2) is 55.6 Å². The van der Waals surface area contributed by atoms with E-state index in [9.17, 15) is 0 Å². The summed E-state index contributed by atoms with van der Waals surface area (Å²) in [5.74, 6) is 0.804. The van der Waals surface area contributed by atoms with E-state index in [0.717, 1.165) is 24.5 Å². The van der Waals surface area contributed by atoms with Gasteiger partial charge < -0.3 is 10.6 Å². The number of hydrogen-bond donors (Lipinski definition) is 1. The number of likely N-dealkylation sites (N-methyl/N-ethyl adjacent to an activating group) is 1. The Labute approximate surface area is 87.2 Å². The van der Waals surface area contributed by atoms with Crippen molar-refractivity contribution in [3.63, 3.8) is 0 Å². The fourth-order valence-electron chi connectivity index (χ4n) is 2.71. The molecule has 0 bridgehead atoms. The van der Waals surface area contributed by atoms with Gasteiger partial charge in [0.25, 0.3) is 0 Å². The summed E-state index contributed by atoms with van der Waals surface area (Å²) in [6, 6.07) is 1.65. The molecule has 2 atom stereocenters. The Balaban J connectivity index is 1.73. The largest absolute Gasteiger partial charge is 0.330 e. The Morgan fingerprint density at radius 2 is 2.00 bits per heavy atom. The lowest BCUT2D eigenvalue weighted by Gasteiger charge is -2.46. The summed E-state index contributed by atoms with van der Waals surface area (Å²) in [4.78, 5) is 4.98. The Hall–Kier alpha value is -0.120. The maximum atomic E-state index is 5.70. The van der Waals surface area contributed by atoms with Crippen LogP contribution in [0.3, 0.4) is 0 Å². The van der Waals surface area contributed by atoms with Crippen LogP contribution in [0.5, 0.6) is 0 Å². The number of rotatable bonds is 3. The van der Waals surface area contributed by atoms with E-state index >= 15 is 0 Å². The van der Waals surface area contributed by atoms with Gasteiger partial charge in [0, 0.05) is 25.2 Å². The van der Waals surface area contributed by atoms with Crippen LogP contribution < -0.4 is 5.73 Å². The molecule has 1 aliphatic heterocycles. The van der Waals surface area contributed by atoms with Crippen molar-refractivity contribution in [2.75, 3.05) is 33.7 Å². The zero-order valence-corrected chi connectivity index (χ0v) is 9.45. The van der Waals surface area contributed by atoms with Gasteiger partial charge in [-0.05, 0) is 45.8 Å². The highest BCUT2D eigenvalue weighted by molar-refractivity contribution is 4.93. The van der Waals surface area contributed by atoms with E-state index in [1.807, 2.05) is 0 Å². The topological polar surface area (TPSA) is 32.5 Å². The lowest BCUT2D eigenvalue weighted by Crippen LogP contribution is -2.60. The second-order valence-electron chi connectivity index (χ2n) is 5.14. The number of nitrogens with two attached hydrogens (primary N) is 1. The zero-order chi connectivity index (χ0) is 10.1. The van der Waals surface area contributed by atoms with Crippen LogP contribution in [-0.2, 0) is 0 Å². The molecule has 2 unspecified atom stereocenters. The third kappa shape index (κ3) is 1.95. The summed E-state index contributed by atoms with van der Waals surface area (Å²) in [6.45, 7) is 3.44. The van der Waals surface area contributed by atoms with Crippen LogP contribution in [0.25, 0.3) is 0 Å². The van der Waals surface area contributed by atoms with Gasteiger partial charge >= 0.3 is 0 Å². The maximum absolute atomic E-state index is 5.70. The summed E-state index contributed by atoms with van der Waals surface area (Å²) in [5, 5.41) is 0. The SMILES string of the molecule is CN(C)C1CN(C2CCC(CN)C2)C1. The molecule has 2 N–H and O–H groups in total. The molecular formula is C11H23N3. The molecule has 1 heterocycles. The average Bonchev–Trinajstić information content (AvgIpc) is 2.49. The van der Waals surface area contributed by atoms with Crippen LogP contribution in [0.4, 0.5) is 0 Å². The molecule has 0 aromatic heterocycles. The first-order chi connectivity index (χ1) is 6.70. The Kier molecular flexibility index (Phi) is 3.10. The molecule has 3 nitrogen and oxygen atoms in total. The minimum atomic E-state index is 0.798. The molecule has 0 amide bonds. The summed E-state index contributed by atoms with van der Waals surface area (Å²) in [7, 11) is 4.36. The van der Waals surface area contributed by atoms with Crippen molar-refractivity contribution in [1.29, 1.82) is 0 Å². The van der Waals surface area contributed by atoms with Crippen LogP contribution in [0.2, 0.25) is 0 Å². The van der Waals surface area contributed by atoms with Crippen molar-refractivity contribution in [1.82, 2.24) is 9.80 Å². The van der Waals surface area contributed by atoms with Gasteiger partial charge in [-0.15, -0.1) is 0 Å². The minimum absolute atomic E-state index is 0.798. The zero-order valence-electron chi connectivity index (χ0n) is 9.45. The third-order valence-corrected chi connectivity index (χ3v) is 3.98. The lowest BCUT2D eigenvalue weighted by atomic mass is 10.0. The summed E-state index contributed by atoms with van der Waals surface area (Å²) in [6.07, 6.45) is 4.07. The molecular weight excluding hydrogens is 174 g/mol. The van der Waals surface area contributed by atoms with E-state index in [4.69, 9.17) is 5.73 Å². The van der Waals surface area contributed by atoms with Crippen molar-refractivity contribution in [2.24, 2.45) is 11.7 Å². The Bertz CT molecular complexity index is 187. The van der Waals surface area contributed by atoms with Crippen molar-refractivity contribution < 1.29 is 0 Å². The van der Waals surface area contributed by atoms with E-state index in [0.29, 0.717) is 0 Å². The van der Waals surface area contributed by atoms with Gasteiger partial charge in [0.15, 0.2) is 0 Å². The predicted octanol–water partition coefficient (Wildman–Crippen LogP) is 0.360. The van der Waals surface area contributed by atoms with Gasteiger partial charge in [0.05, 0.1) is 0 Å². The highest BCUT2D eigenvalue weighted by atomic mass is 15.3. The predicted molar refractivity (Wildman–Crippen MR) is 59.2 cm³/mol. The maximum Gasteiger partial charge on any atom is 0.0344 e. The highest BCUT2D eigenvalue weighted by Gasteiger charge is 2.36. The van der Waals surface area contributed by atoms with E-state index in [1.165, 1.54) is 32.4 Å². The monoisotopic (exact) mass is 197 g/mol.